The molecule has 0 aromatic carbocycles. The lowest BCUT2D eigenvalue weighted by Crippen LogP contribution is -2.33. The predicted molar refractivity (Wildman–Crippen MR) is 81.6 cm³/mol. The van der Waals surface area contributed by atoms with Gasteiger partial charge in [-0.2, -0.15) is 0 Å². The molecule has 0 radical (unpaired) electrons. The number of allylic oxidation sites excluding steroid dienone is 2. The van der Waals surface area contributed by atoms with Gasteiger partial charge in [0.1, 0.15) is 0 Å². The lowest BCUT2D eigenvalue weighted by Gasteiger charge is -2.25. The summed E-state index contributed by atoms with van der Waals surface area (Å²) in [4.78, 5) is 24.3. The predicted octanol–water partition coefficient (Wildman–Crippen LogP) is 3.42. The highest BCUT2D eigenvalue weighted by Crippen LogP contribution is 2.29. The second-order valence-electron chi connectivity index (χ2n) is 5.40. The van der Waals surface area contributed by atoms with E-state index in [4.69, 9.17) is 9.47 Å². The number of unbranched alkanes of at least 4 members (excludes halogenated alkanes) is 2. The number of rotatable bonds is 8. The maximum atomic E-state index is 12.2. The summed E-state index contributed by atoms with van der Waals surface area (Å²) in [5, 5.41) is 0. The zero-order valence-electron chi connectivity index (χ0n) is 13.1. The van der Waals surface area contributed by atoms with Gasteiger partial charge in [-0.3, -0.25) is 9.59 Å². The average molecular weight is 294 g/mol. The van der Waals surface area contributed by atoms with Crippen LogP contribution in [0.25, 0.3) is 0 Å². The van der Waals surface area contributed by atoms with E-state index in [0.29, 0.717) is 19.6 Å². The lowest BCUT2D eigenvalue weighted by molar-refractivity contribution is -0.159. The van der Waals surface area contributed by atoms with E-state index in [1.54, 1.807) is 12.2 Å². The fourth-order valence-corrected chi connectivity index (χ4v) is 2.16. The van der Waals surface area contributed by atoms with Crippen LogP contribution in [0.5, 0.6) is 0 Å². The first kappa shape index (κ1) is 17.5. The zero-order chi connectivity index (χ0) is 15.7. The van der Waals surface area contributed by atoms with E-state index >= 15 is 0 Å². The zero-order valence-corrected chi connectivity index (χ0v) is 13.1. The highest BCUT2D eigenvalue weighted by atomic mass is 16.5. The molecule has 4 nitrogen and oxygen atoms in total. The van der Waals surface area contributed by atoms with Crippen molar-refractivity contribution in [3.63, 3.8) is 0 Å². The van der Waals surface area contributed by atoms with Gasteiger partial charge in [-0.05, 0) is 19.3 Å². The van der Waals surface area contributed by atoms with Crippen molar-refractivity contribution in [2.24, 2.45) is 11.8 Å². The standard InChI is InChI=1S/C17H26O4/c1-4-6-10-20-16(18)14-9-8-13(3)12-15(14)17(19)21-11-7-5-2/h8-9,14-15H,3-7,10-12H2,1-2H3. The van der Waals surface area contributed by atoms with Gasteiger partial charge in [0.05, 0.1) is 25.0 Å². The summed E-state index contributed by atoms with van der Waals surface area (Å²) in [5.41, 5.74) is 0.838. The van der Waals surface area contributed by atoms with Gasteiger partial charge in [-0.1, -0.05) is 51.0 Å². The van der Waals surface area contributed by atoms with Crippen molar-refractivity contribution in [3.05, 3.63) is 24.3 Å². The number of hydrogen-bond donors (Lipinski definition) is 0. The summed E-state index contributed by atoms with van der Waals surface area (Å²) in [6.45, 7) is 8.74. The second kappa shape index (κ2) is 9.37. The number of esters is 2. The molecule has 1 rings (SSSR count). The summed E-state index contributed by atoms with van der Waals surface area (Å²) < 4.78 is 10.5. The van der Waals surface area contributed by atoms with Crippen LogP contribution in [0.15, 0.2) is 24.3 Å². The fourth-order valence-electron chi connectivity index (χ4n) is 2.16. The Balaban J connectivity index is 2.64. The van der Waals surface area contributed by atoms with E-state index in [1.807, 2.05) is 13.8 Å². The minimum absolute atomic E-state index is 0.327. The Kier molecular flexibility index (Phi) is 7.80. The highest BCUT2D eigenvalue weighted by Gasteiger charge is 2.36. The Labute approximate surface area is 127 Å². The molecular weight excluding hydrogens is 268 g/mol. The van der Waals surface area contributed by atoms with Gasteiger partial charge in [0.25, 0.3) is 0 Å². The molecule has 0 N–H and O–H groups in total. The quantitative estimate of drug-likeness (QED) is 0.508. The Morgan fingerprint density at radius 2 is 1.71 bits per heavy atom. The van der Waals surface area contributed by atoms with Gasteiger partial charge in [-0.25, -0.2) is 0 Å². The lowest BCUT2D eigenvalue weighted by atomic mass is 9.82. The Morgan fingerprint density at radius 3 is 2.29 bits per heavy atom. The topological polar surface area (TPSA) is 52.6 Å². The van der Waals surface area contributed by atoms with E-state index in [0.717, 1.165) is 31.3 Å². The van der Waals surface area contributed by atoms with Gasteiger partial charge < -0.3 is 9.47 Å². The minimum Gasteiger partial charge on any atom is -0.465 e. The largest absolute Gasteiger partial charge is 0.465 e. The third-order valence-electron chi connectivity index (χ3n) is 3.51. The monoisotopic (exact) mass is 294 g/mol. The first-order valence-corrected chi connectivity index (χ1v) is 7.79. The minimum atomic E-state index is -0.554. The number of ether oxygens (including phenoxy) is 2. The fraction of sp³-hybridized carbons (Fsp3) is 0.647. The molecular formula is C17H26O4. The van der Waals surface area contributed by atoms with Gasteiger partial charge in [0, 0.05) is 0 Å². The van der Waals surface area contributed by atoms with Gasteiger partial charge in [0.2, 0.25) is 0 Å². The molecule has 118 valence electrons. The smallest absolute Gasteiger partial charge is 0.313 e. The molecule has 0 aliphatic heterocycles. The van der Waals surface area contributed by atoms with Crippen LogP contribution >= 0.6 is 0 Å². The Hall–Kier alpha value is -1.58. The maximum absolute atomic E-state index is 12.2. The molecule has 0 amide bonds. The molecule has 1 aliphatic carbocycles. The first-order chi connectivity index (χ1) is 10.1. The Morgan fingerprint density at radius 1 is 1.14 bits per heavy atom. The first-order valence-electron chi connectivity index (χ1n) is 7.79. The van der Waals surface area contributed by atoms with Crippen molar-refractivity contribution < 1.29 is 19.1 Å². The molecule has 2 unspecified atom stereocenters. The van der Waals surface area contributed by atoms with E-state index in [-0.39, 0.29) is 11.9 Å². The molecule has 0 fully saturated rings. The summed E-state index contributed by atoms with van der Waals surface area (Å²) in [7, 11) is 0. The van der Waals surface area contributed by atoms with Crippen molar-refractivity contribution >= 4 is 11.9 Å². The van der Waals surface area contributed by atoms with Crippen LogP contribution in [0.4, 0.5) is 0 Å². The van der Waals surface area contributed by atoms with Crippen LogP contribution in [0.3, 0.4) is 0 Å². The molecule has 0 heterocycles. The van der Waals surface area contributed by atoms with Crippen molar-refractivity contribution in [3.8, 4) is 0 Å². The maximum Gasteiger partial charge on any atom is 0.313 e. The van der Waals surface area contributed by atoms with Crippen LogP contribution in [-0.2, 0) is 19.1 Å². The van der Waals surface area contributed by atoms with E-state index in [9.17, 15) is 9.59 Å². The molecule has 0 aromatic heterocycles. The van der Waals surface area contributed by atoms with Gasteiger partial charge in [0.15, 0.2) is 0 Å². The third-order valence-corrected chi connectivity index (χ3v) is 3.51. The molecule has 2 atom stereocenters. The molecule has 0 aromatic rings. The van der Waals surface area contributed by atoms with Crippen LogP contribution in [0.2, 0.25) is 0 Å². The molecule has 0 spiro atoms. The van der Waals surface area contributed by atoms with Crippen LogP contribution in [0.1, 0.15) is 46.0 Å². The normalized spacial score (nSPS) is 21.1. The molecule has 0 bridgehead atoms. The van der Waals surface area contributed by atoms with Crippen molar-refractivity contribution in [2.45, 2.75) is 46.0 Å². The van der Waals surface area contributed by atoms with Crippen LogP contribution in [0, 0.1) is 11.8 Å². The summed E-state index contributed by atoms with van der Waals surface area (Å²) >= 11 is 0. The SMILES string of the molecule is C=C1C=CC(C(=O)OCCCC)C(C(=O)OCCCC)C1. The Bertz CT molecular complexity index is 398. The number of carbonyl (C=O) groups excluding carboxylic acids is 2. The second-order valence-corrected chi connectivity index (χ2v) is 5.40. The highest BCUT2D eigenvalue weighted by molar-refractivity contribution is 5.84. The number of hydrogen-bond acceptors (Lipinski definition) is 4. The van der Waals surface area contributed by atoms with Crippen molar-refractivity contribution in [1.29, 1.82) is 0 Å². The molecule has 1 aliphatic rings. The molecule has 21 heavy (non-hydrogen) atoms. The molecule has 0 saturated carbocycles. The van der Waals surface area contributed by atoms with E-state index < -0.39 is 11.8 Å². The van der Waals surface area contributed by atoms with Crippen molar-refractivity contribution in [1.82, 2.24) is 0 Å². The van der Waals surface area contributed by atoms with E-state index in [1.165, 1.54) is 0 Å². The molecule has 4 heteroatoms. The average Bonchev–Trinajstić information content (AvgIpc) is 2.47. The van der Waals surface area contributed by atoms with Gasteiger partial charge >= 0.3 is 11.9 Å². The number of carbonyl (C=O) groups is 2. The third kappa shape index (κ3) is 5.74. The summed E-state index contributed by atoms with van der Waals surface area (Å²) in [6.07, 6.45) is 7.56. The van der Waals surface area contributed by atoms with E-state index in [2.05, 4.69) is 6.58 Å². The molecule has 0 saturated heterocycles. The summed E-state index contributed by atoms with van der Waals surface area (Å²) in [5.74, 6) is -1.73. The van der Waals surface area contributed by atoms with Crippen molar-refractivity contribution in [2.75, 3.05) is 13.2 Å². The van der Waals surface area contributed by atoms with Crippen LogP contribution < -0.4 is 0 Å². The van der Waals surface area contributed by atoms with Gasteiger partial charge in [-0.15, -0.1) is 0 Å². The van der Waals surface area contributed by atoms with Crippen LogP contribution in [-0.4, -0.2) is 25.2 Å². The summed E-state index contributed by atoms with van der Waals surface area (Å²) in [6, 6.07) is 0.